The van der Waals surface area contributed by atoms with Gasteiger partial charge in [0.05, 0.1) is 0 Å². The van der Waals surface area contributed by atoms with Crippen LogP contribution in [0.4, 0.5) is 0 Å². The van der Waals surface area contributed by atoms with Gasteiger partial charge in [0, 0.05) is 6.04 Å². The van der Waals surface area contributed by atoms with Gasteiger partial charge in [-0.1, -0.05) is 25.7 Å². The van der Waals surface area contributed by atoms with Crippen LogP contribution in [0.2, 0.25) is 0 Å². The maximum atomic E-state index is 5.42. The molecule has 0 amide bonds. The molecule has 1 aliphatic carbocycles. The van der Waals surface area contributed by atoms with Crippen molar-refractivity contribution in [2.24, 2.45) is 5.73 Å². The summed E-state index contributed by atoms with van der Waals surface area (Å²) in [5.74, 6) is 0. The smallest absolute Gasteiger partial charge is 0.00682 e. The average molecular weight is 184 g/mol. The van der Waals surface area contributed by atoms with Gasteiger partial charge in [0.2, 0.25) is 0 Å². The lowest BCUT2D eigenvalue weighted by atomic mass is 10.1. The summed E-state index contributed by atoms with van der Waals surface area (Å²) in [4.78, 5) is 0. The molecule has 0 spiro atoms. The van der Waals surface area contributed by atoms with Gasteiger partial charge in [-0.2, -0.15) is 0 Å². The fourth-order valence-corrected chi connectivity index (χ4v) is 1.57. The Morgan fingerprint density at radius 3 is 2.15 bits per heavy atom. The molecule has 0 saturated heterocycles. The van der Waals surface area contributed by atoms with Crippen LogP contribution < -0.4 is 11.1 Å². The van der Waals surface area contributed by atoms with Crippen LogP contribution in [0.25, 0.3) is 0 Å². The minimum Gasteiger partial charge on any atom is -0.330 e. The largest absolute Gasteiger partial charge is 0.330 e. The molecule has 0 atom stereocenters. The molecule has 0 aromatic heterocycles. The quantitative estimate of drug-likeness (QED) is 0.538. The zero-order valence-electron chi connectivity index (χ0n) is 8.73. The lowest BCUT2D eigenvalue weighted by Crippen LogP contribution is -2.17. The van der Waals surface area contributed by atoms with E-state index >= 15 is 0 Å². The Morgan fingerprint density at radius 1 is 0.923 bits per heavy atom. The van der Waals surface area contributed by atoms with Crippen molar-refractivity contribution >= 4 is 0 Å². The molecule has 2 heteroatoms. The molecule has 0 heterocycles. The van der Waals surface area contributed by atoms with Gasteiger partial charge in [0.1, 0.15) is 0 Å². The summed E-state index contributed by atoms with van der Waals surface area (Å²) in [7, 11) is 0. The van der Waals surface area contributed by atoms with Gasteiger partial charge in [-0.05, 0) is 38.8 Å². The Balaban J connectivity index is 1.63. The lowest BCUT2D eigenvalue weighted by molar-refractivity contribution is 0.566. The molecule has 0 bridgehead atoms. The second-order valence-corrected chi connectivity index (χ2v) is 4.14. The van der Waals surface area contributed by atoms with Crippen LogP contribution in [-0.4, -0.2) is 19.1 Å². The minimum absolute atomic E-state index is 0.864. The number of hydrogen-bond acceptors (Lipinski definition) is 2. The van der Waals surface area contributed by atoms with Crippen LogP contribution >= 0.6 is 0 Å². The van der Waals surface area contributed by atoms with E-state index in [0.29, 0.717) is 0 Å². The number of unbranched alkanes of at least 4 members (excludes halogenated alkanes) is 5. The molecular weight excluding hydrogens is 160 g/mol. The van der Waals surface area contributed by atoms with Crippen molar-refractivity contribution < 1.29 is 0 Å². The van der Waals surface area contributed by atoms with Crippen molar-refractivity contribution in [1.29, 1.82) is 0 Å². The highest BCUT2D eigenvalue weighted by atomic mass is 14.9. The molecular formula is C11H24N2. The lowest BCUT2D eigenvalue weighted by Gasteiger charge is -2.02. The predicted molar refractivity (Wildman–Crippen MR) is 57.8 cm³/mol. The summed E-state index contributed by atoms with van der Waals surface area (Å²) >= 11 is 0. The maximum absolute atomic E-state index is 5.42. The molecule has 0 radical (unpaired) electrons. The number of hydrogen-bond donors (Lipinski definition) is 2. The second kappa shape index (κ2) is 7.34. The topological polar surface area (TPSA) is 38.0 Å². The van der Waals surface area contributed by atoms with E-state index in [1.54, 1.807) is 0 Å². The minimum atomic E-state index is 0.864. The molecule has 2 nitrogen and oxygen atoms in total. The van der Waals surface area contributed by atoms with Crippen LogP contribution in [0.15, 0.2) is 0 Å². The third-order valence-electron chi connectivity index (χ3n) is 2.64. The summed E-state index contributed by atoms with van der Waals surface area (Å²) in [5, 5.41) is 3.54. The first-order valence-electron chi connectivity index (χ1n) is 5.87. The van der Waals surface area contributed by atoms with Crippen LogP contribution in [0.3, 0.4) is 0 Å². The van der Waals surface area contributed by atoms with Crippen molar-refractivity contribution in [2.75, 3.05) is 13.1 Å². The Morgan fingerprint density at radius 2 is 1.54 bits per heavy atom. The van der Waals surface area contributed by atoms with E-state index in [1.807, 2.05) is 0 Å². The zero-order chi connectivity index (χ0) is 9.36. The van der Waals surface area contributed by atoms with E-state index in [1.165, 1.54) is 57.9 Å². The molecule has 0 aliphatic heterocycles. The Bertz CT molecular complexity index is 111. The first-order valence-corrected chi connectivity index (χ1v) is 5.87. The molecule has 1 saturated carbocycles. The summed E-state index contributed by atoms with van der Waals surface area (Å²) in [6, 6.07) is 0.886. The first-order chi connectivity index (χ1) is 6.43. The van der Waals surface area contributed by atoms with Crippen molar-refractivity contribution in [3.05, 3.63) is 0 Å². The van der Waals surface area contributed by atoms with E-state index in [9.17, 15) is 0 Å². The van der Waals surface area contributed by atoms with Crippen LogP contribution in [0.5, 0.6) is 0 Å². The van der Waals surface area contributed by atoms with Crippen molar-refractivity contribution in [1.82, 2.24) is 5.32 Å². The molecule has 3 N–H and O–H groups in total. The average Bonchev–Trinajstić information content (AvgIpc) is 2.93. The zero-order valence-corrected chi connectivity index (χ0v) is 8.73. The number of nitrogens with two attached hydrogens (primary N) is 1. The summed E-state index contributed by atoms with van der Waals surface area (Å²) in [6.45, 7) is 2.10. The van der Waals surface area contributed by atoms with Crippen LogP contribution in [0.1, 0.15) is 51.4 Å². The predicted octanol–water partition coefficient (Wildman–Crippen LogP) is 2.04. The van der Waals surface area contributed by atoms with Gasteiger partial charge in [-0.25, -0.2) is 0 Å². The summed E-state index contributed by atoms with van der Waals surface area (Å²) in [5.41, 5.74) is 5.42. The Labute approximate surface area is 82.3 Å². The maximum Gasteiger partial charge on any atom is 0.00682 e. The summed E-state index contributed by atoms with van der Waals surface area (Å²) < 4.78 is 0. The molecule has 0 aromatic rings. The molecule has 1 aliphatic rings. The van der Waals surface area contributed by atoms with E-state index in [2.05, 4.69) is 5.32 Å². The third kappa shape index (κ3) is 7.03. The third-order valence-corrected chi connectivity index (χ3v) is 2.64. The van der Waals surface area contributed by atoms with E-state index < -0.39 is 0 Å². The SMILES string of the molecule is NCCCCCCCCNC1CC1. The van der Waals surface area contributed by atoms with Gasteiger partial charge in [-0.15, -0.1) is 0 Å². The molecule has 1 rings (SSSR count). The molecule has 78 valence electrons. The van der Waals surface area contributed by atoms with E-state index in [0.717, 1.165) is 12.6 Å². The highest BCUT2D eigenvalue weighted by Gasteiger charge is 2.19. The highest BCUT2D eigenvalue weighted by molar-refractivity contribution is 4.80. The monoisotopic (exact) mass is 184 g/mol. The van der Waals surface area contributed by atoms with E-state index in [4.69, 9.17) is 5.73 Å². The molecule has 0 aromatic carbocycles. The van der Waals surface area contributed by atoms with Gasteiger partial charge in [0.25, 0.3) is 0 Å². The van der Waals surface area contributed by atoms with Crippen LogP contribution in [0, 0.1) is 0 Å². The normalized spacial score (nSPS) is 16.4. The Kier molecular flexibility index (Phi) is 6.21. The fraction of sp³-hybridized carbons (Fsp3) is 1.00. The van der Waals surface area contributed by atoms with E-state index in [-0.39, 0.29) is 0 Å². The van der Waals surface area contributed by atoms with Gasteiger partial charge < -0.3 is 11.1 Å². The number of nitrogens with one attached hydrogen (secondary N) is 1. The molecule has 13 heavy (non-hydrogen) atoms. The van der Waals surface area contributed by atoms with Gasteiger partial charge >= 0.3 is 0 Å². The second-order valence-electron chi connectivity index (χ2n) is 4.14. The summed E-state index contributed by atoms with van der Waals surface area (Å²) in [6.07, 6.45) is 10.9. The van der Waals surface area contributed by atoms with Gasteiger partial charge in [0.15, 0.2) is 0 Å². The number of rotatable bonds is 9. The van der Waals surface area contributed by atoms with Crippen molar-refractivity contribution in [3.63, 3.8) is 0 Å². The molecule has 0 unspecified atom stereocenters. The van der Waals surface area contributed by atoms with Gasteiger partial charge in [-0.3, -0.25) is 0 Å². The van der Waals surface area contributed by atoms with Crippen molar-refractivity contribution in [3.8, 4) is 0 Å². The first kappa shape index (κ1) is 11.0. The standard InChI is InChI=1S/C11H24N2/c12-9-5-3-1-2-4-6-10-13-11-7-8-11/h11,13H,1-10,12H2. The van der Waals surface area contributed by atoms with Crippen molar-refractivity contribution in [2.45, 2.75) is 57.4 Å². The molecule has 1 fully saturated rings. The fourth-order valence-electron chi connectivity index (χ4n) is 1.57. The van der Waals surface area contributed by atoms with Crippen LogP contribution in [-0.2, 0) is 0 Å². The highest BCUT2D eigenvalue weighted by Crippen LogP contribution is 2.18. The Hall–Kier alpha value is -0.0800.